The molecule has 4 nitrogen and oxygen atoms in total. The molecule has 0 aliphatic rings. The second kappa shape index (κ2) is 7.50. The number of aromatic nitrogens is 1. The highest BCUT2D eigenvalue weighted by atomic mass is 35.5. The predicted molar refractivity (Wildman–Crippen MR) is 111 cm³/mol. The van der Waals surface area contributed by atoms with Crippen molar-refractivity contribution in [3.05, 3.63) is 65.7 Å². The van der Waals surface area contributed by atoms with Crippen molar-refractivity contribution in [3.8, 4) is 11.3 Å². The first-order chi connectivity index (χ1) is 12.6. The Hall–Kier alpha value is -2.08. The fourth-order valence-electron chi connectivity index (χ4n) is 2.26. The van der Waals surface area contributed by atoms with Gasteiger partial charge in [-0.05, 0) is 24.3 Å². The minimum Gasteiger partial charge on any atom is -0.457 e. The first kappa shape index (κ1) is 19.7. The number of carbonyl (C=O) groups excluding carboxylic acids is 1. The Balaban J connectivity index is 1.99. The van der Waals surface area contributed by atoms with Crippen LogP contribution in [-0.2, 0) is 4.79 Å². The van der Waals surface area contributed by atoms with Crippen LogP contribution in [-0.4, -0.2) is 10.8 Å². The molecule has 0 amide bonds. The third-order valence-corrected chi connectivity index (χ3v) is 5.58. The summed E-state index contributed by atoms with van der Waals surface area (Å²) >= 11 is 13.5. The van der Waals surface area contributed by atoms with Crippen molar-refractivity contribution in [1.29, 1.82) is 0 Å². The van der Waals surface area contributed by atoms with E-state index < -0.39 is 5.41 Å². The molecule has 1 aromatic carbocycles. The average molecular weight is 422 g/mol. The number of hydrogen-bond acceptors (Lipinski definition) is 4. The van der Waals surface area contributed by atoms with Crippen LogP contribution in [0.1, 0.15) is 26.5 Å². The van der Waals surface area contributed by atoms with E-state index in [9.17, 15) is 9.59 Å². The predicted octanol–water partition coefficient (Wildman–Crippen LogP) is 4.23. The van der Waals surface area contributed by atoms with E-state index in [0.29, 0.717) is 36.3 Å². The molecule has 1 N–H and O–H groups in total. The summed E-state index contributed by atoms with van der Waals surface area (Å²) in [5.74, 6) is 1.00. The van der Waals surface area contributed by atoms with Crippen molar-refractivity contribution in [3.63, 3.8) is 0 Å². The van der Waals surface area contributed by atoms with Crippen LogP contribution in [0, 0.1) is 5.41 Å². The zero-order chi connectivity index (χ0) is 19.8. The van der Waals surface area contributed by atoms with Crippen LogP contribution in [0.25, 0.3) is 23.5 Å². The Labute approximate surface area is 169 Å². The molecule has 0 bridgehead atoms. The summed E-state index contributed by atoms with van der Waals surface area (Å²) in [6.45, 7) is 5.49. The maximum atomic E-state index is 12.2. The summed E-state index contributed by atoms with van der Waals surface area (Å²) in [7, 11) is 0. The molecular formula is C20H17Cl2NO3S. The van der Waals surface area contributed by atoms with Gasteiger partial charge in [-0.2, -0.15) is 0 Å². The van der Waals surface area contributed by atoms with Crippen LogP contribution >= 0.6 is 34.5 Å². The van der Waals surface area contributed by atoms with Crippen molar-refractivity contribution in [2.45, 2.75) is 20.8 Å². The lowest BCUT2D eigenvalue weighted by molar-refractivity contribution is -0.119. The van der Waals surface area contributed by atoms with Crippen molar-refractivity contribution < 1.29 is 9.21 Å². The van der Waals surface area contributed by atoms with Gasteiger partial charge in [0, 0.05) is 23.1 Å². The van der Waals surface area contributed by atoms with Gasteiger partial charge in [0.15, 0.2) is 5.78 Å². The van der Waals surface area contributed by atoms with Crippen molar-refractivity contribution in [1.82, 2.24) is 4.98 Å². The van der Waals surface area contributed by atoms with Crippen LogP contribution in [0.4, 0.5) is 0 Å². The Bertz CT molecular complexity index is 1180. The molecular weight excluding hydrogens is 405 g/mol. The molecule has 0 aliphatic carbocycles. The molecule has 2 aromatic heterocycles. The van der Waals surface area contributed by atoms with Gasteiger partial charge in [-0.1, -0.05) is 50.0 Å². The van der Waals surface area contributed by atoms with Crippen molar-refractivity contribution >= 4 is 52.5 Å². The van der Waals surface area contributed by atoms with E-state index in [4.69, 9.17) is 27.6 Å². The molecule has 140 valence electrons. The summed E-state index contributed by atoms with van der Waals surface area (Å²) in [5.41, 5.74) is -0.0999. The molecule has 3 rings (SSSR count). The number of ketones is 1. The number of rotatable bonds is 3. The maximum absolute atomic E-state index is 12.2. The first-order valence-corrected chi connectivity index (χ1v) is 9.73. The summed E-state index contributed by atoms with van der Waals surface area (Å²) < 4.78 is 6.74. The molecule has 7 heteroatoms. The topological polar surface area (TPSA) is 63.1 Å². The Morgan fingerprint density at radius 1 is 1.19 bits per heavy atom. The van der Waals surface area contributed by atoms with E-state index in [1.54, 1.807) is 36.4 Å². The summed E-state index contributed by atoms with van der Waals surface area (Å²) in [5, 5.41) is 0.848. The van der Waals surface area contributed by atoms with Crippen molar-refractivity contribution in [2.24, 2.45) is 5.41 Å². The van der Waals surface area contributed by atoms with Crippen molar-refractivity contribution in [2.75, 3.05) is 0 Å². The highest BCUT2D eigenvalue weighted by Gasteiger charge is 2.18. The summed E-state index contributed by atoms with van der Waals surface area (Å²) in [6.07, 6.45) is 3.09. The number of thiazole rings is 1. The number of Topliss-reactive ketones (excluding diaryl/α,β-unsaturated/α-hetero) is 1. The number of halogens is 2. The SMILES string of the molecule is CC(C)(C)C(=O)/C=c1\[nH]c(=O)/c(=C\c2ccc(-c3cccc(Cl)c3Cl)o2)s1. The van der Waals surface area contributed by atoms with Gasteiger partial charge in [-0.15, -0.1) is 11.3 Å². The number of H-pyrrole nitrogens is 1. The molecule has 2 heterocycles. The van der Waals surface area contributed by atoms with Crippen LogP contribution in [0.15, 0.2) is 39.5 Å². The van der Waals surface area contributed by atoms with Gasteiger partial charge in [0.25, 0.3) is 5.56 Å². The smallest absolute Gasteiger partial charge is 0.266 e. The first-order valence-electron chi connectivity index (χ1n) is 8.16. The Morgan fingerprint density at radius 3 is 2.63 bits per heavy atom. The highest BCUT2D eigenvalue weighted by Crippen LogP contribution is 2.34. The lowest BCUT2D eigenvalue weighted by atomic mass is 9.91. The third kappa shape index (κ3) is 4.43. The number of benzene rings is 1. The summed E-state index contributed by atoms with van der Waals surface area (Å²) in [4.78, 5) is 27.0. The highest BCUT2D eigenvalue weighted by molar-refractivity contribution is 7.07. The fourth-order valence-corrected chi connectivity index (χ4v) is 3.52. The van der Waals surface area contributed by atoms with Crippen LogP contribution in [0.5, 0.6) is 0 Å². The van der Waals surface area contributed by atoms with E-state index in [2.05, 4.69) is 4.98 Å². The molecule has 27 heavy (non-hydrogen) atoms. The van der Waals surface area contributed by atoms with E-state index in [1.165, 1.54) is 17.4 Å². The molecule has 0 radical (unpaired) electrons. The van der Waals surface area contributed by atoms with E-state index in [-0.39, 0.29) is 11.3 Å². The minimum atomic E-state index is -0.503. The standard InChI is InChI=1S/C20H17Cl2NO3S/c1-20(2,3)16(24)10-17-23-19(25)15(27-17)9-11-7-8-14(26-11)12-5-4-6-13(21)18(12)22/h4-10H,1-3H3,(H,23,25)/b15-9+,17-10+. The molecule has 0 saturated carbocycles. The quantitative estimate of drug-likeness (QED) is 0.687. The Morgan fingerprint density at radius 2 is 1.93 bits per heavy atom. The zero-order valence-corrected chi connectivity index (χ0v) is 17.3. The van der Waals surface area contributed by atoms with Gasteiger partial charge in [-0.3, -0.25) is 9.59 Å². The van der Waals surface area contributed by atoms with Gasteiger partial charge in [0.05, 0.1) is 19.2 Å². The number of furan rings is 1. The number of aromatic amines is 1. The van der Waals surface area contributed by atoms with E-state index in [0.717, 1.165) is 0 Å². The van der Waals surface area contributed by atoms with Gasteiger partial charge in [0.1, 0.15) is 11.5 Å². The second-order valence-corrected chi connectivity index (χ2v) is 8.86. The Kier molecular flexibility index (Phi) is 5.47. The average Bonchev–Trinajstić information content (AvgIpc) is 3.17. The minimum absolute atomic E-state index is 0.0533. The van der Waals surface area contributed by atoms with Gasteiger partial charge < -0.3 is 9.40 Å². The summed E-state index contributed by atoms with van der Waals surface area (Å²) in [6, 6.07) is 8.80. The lowest BCUT2D eigenvalue weighted by Crippen LogP contribution is -2.22. The van der Waals surface area contributed by atoms with Crippen LogP contribution in [0.2, 0.25) is 10.0 Å². The lowest BCUT2D eigenvalue weighted by Gasteiger charge is -2.12. The molecule has 0 atom stereocenters. The fraction of sp³-hybridized carbons (Fsp3) is 0.200. The van der Waals surface area contributed by atoms with E-state index in [1.807, 2.05) is 20.8 Å². The van der Waals surface area contributed by atoms with Crippen LogP contribution < -0.4 is 14.8 Å². The molecule has 0 saturated heterocycles. The zero-order valence-electron chi connectivity index (χ0n) is 14.9. The number of nitrogens with one attached hydrogen (secondary N) is 1. The molecule has 0 unspecified atom stereocenters. The van der Waals surface area contributed by atoms with Gasteiger partial charge in [-0.25, -0.2) is 0 Å². The molecule has 0 aliphatic heterocycles. The van der Waals surface area contributed by atoms with E-state index >= 15 is 0 Å². The largest absolute Gasteiger partial charge is 0.457 e. The molecule has 3 aromatic rings. The second-order valence-electron chi connectivity index (χ2n) is 6.99. The monoisotopic (exact) mass is 421 g/mol. The third-order valence-electron chi connectivity index (χ3n) is 3.80. The van der Waals surface area contributed by atoms with Gasteiger partial charge >= 0.3 is 0 Å². The number of hydrogen-bond donors (Lipinski definition) is 1. The number of carbonyl (C=O) groups is 1. The van der Waals surface area contributed by atoms with Gasteiger partial charge in [0.2, 0.25) is 0 Å². The maximum Gasteiger partial charge on any atom is 0.266 e. The van der Waals surface area contributed by atoms with Crippen LogP contribution in [0.3, 0.4) is 0 Å². The molecule has 0 spiro atoms. The normalized spacial score (nSPS) is 13.4. The molecule has 0 fully saturated rings.